The topological polar surface area (TPSA) is 55.8 Å². The highest BCUT2D eigenvalue weighted by atomic mass is 16.6. The Hall–Kier alpha value is -2.04. The molecule has 0 N–H and O–H groups in total. The van der Waals surface area contributed by atoms with E-state index in [0.29, 0.717) is 12.5 Å². The summed E-state index contributed by atoms with van der Waals surface area (Å²) in [5.41, 5.74) is 2.22. The summed E-state index contributed by atoms with van der Waals surface area (Å²) in [5, 5.41) is 0. The van der Waals surface area contributed by atoms with E-state index in [4.69, 9.17) is 9.47 Å². The summed E-state index contributed by atoms with van der Waals surface area (Å²) < 4.78 is 11.3. The number of ether oxygens (including phenoxy) is 2. The quantitative estimate of drug-likeness (QED) is 0.523. The molecule has 0 atom stereocenters. The number of rotatable bonds is 6. The molecular formula is C22H33NO4. The minimum Gasteiger partial charge on any atom is -0.494 e. The number of hydrogen-bond donors (Lipinski definition) is 0. The van der Waals surface area contributed by atoms with Crippen molar-refractivity contribution in [1.29, 1.82) is 0 Å². The van der Waals surface area contributed by atoms with Crippen LogP contribution in [-0.2, 0) is 4.74 Å². The van der Waals surface area contributed by atoms with Crippen LogP contribution in [0.1, 0.15) is 67.9 Å². The van der Waals surface area contributed by atoms with Crippen molar-refractivity contribution in [1.82, 2.24) is 4.90 Å². The minimum atomic E-state index is -0.439. The van der Waals surface area contributed by atoms with Gasteiger partial charge in [-0.05, 0) is 89.5 Å². The van der Waals surface area contributed by atoms with Crippen LogP contribution < -0.4 is 4.74 Å². The van der Waals surface area contributed by atoms with E-state index in [1.807, 2.05) is 51.7 Å². The van der Waals surface area contributed by atoms with Gasteiger partial charge in [-0.3, -0.25) is 4.79 Å². The lowest BCUT2D eigenvalue weighted by atomic mass is 9.92. The van der Waals surface area contributed by atoms with Gasteiger partial charge >= 0.3 is 6.09 Å². The van der Waals surface area contributed by atoms with Gasteiger partial charge in [0.2, 0.25) is 0 Å². The Morgan fingerprint density at radius 1 is 1.19 bits per heavy atom. The molecule has 1 aliphatic rings. The molecule has 5 heteroatoms. The van der Waals surface area contributed by atoms with E-state index in [1.54, 1.807) is 0 Å². The number of carbonyl (C=O) groups is 2. The van der Waals surface area contributed by atoms with Crippen molar-refractivity contribution < 1.29 is 19.1 Å². The zero-order valence-corrected chi connectivity index (χ0v) is 17.3. The third kappa shape index (κ3) is 6.56. The molecule has 0 spiro atoms. The Labute approximate surface area is 163 Å². The van der Waals surface area contributed by atoms with E-state index < -0.39 is 5.60 Å². The van der Waals surface area contributed by atoms with E-state index in [9.17, 15) is 9.59 Å². The molecule has 1 heterocycles. The first-order chi connectivity index (χ1) is 12.7. The van der Waals surface area contributed by atoms with Gasteiger partial charge in [0.25, 0.3) is 0 Å². The number of piperidine rings is 1. The first-order valence-electron chi connectivity index (χ1n) is 9.87. The minimum absolute atomic E-state index is 0.200. The molecule has 0 saturated carbocycles. The standard InChI is InChI=1S/C22H33NO4/c1-16-13-19(14-17(2)20(16)15-24)26-12-6-7-18-8-10-23(11-9-18)21(25)27-22(3,4)5/h13-15,18H,6-12H2,1-5H3. The Kier molecular flexibility index (Phi) is 7.28. The van der Waals surface area contributed by atoms with Crippen molar-refractivity contribution in [2.24, 2.45) is 5.92 Å². The Balaban J connectivity index is 1.69. The van der Waals surface area contributed by atoms with Crippen LogP contribution in [0.3, 0.4) is 0 Å². The summed E-state index contributed by atoms with van der Waals surface area (Å²) in [6.45, 7) is 11.8. The molecule has 0 bridgehead atoms. The van der Waals surface area contributed by atoms with Crippen molar-refractivity contribution in [3.8, 4) is 5.75 Å². The summed E-state index contributed by atoms with van der Waals surface area (Å²) >= 11 is 0. The van der Waals surface area contributed by atoms with Crippen molar-refractivity contribution in [2.75, 3.05) is 19.7 Å². The molecule has 150 valence electrons. The molecule has 0 unspecified atom stereocenters. The number of aryl methyl sites for hydroxylation is 2. The summed E-state index contributed by atoms with van der Waals surface area (Å²) in [6.07, 6.45) is 4.83. The molecule has 0 radical (unpaired) electrons. The number of hydrogen-bond acceptors (Lipinski definition) is 4. The third-order valence-corrected chi connectivity index (χ3v) is 4.98. The molecule has 1 fully saturated rings. The first kappa shape index (κ1) is 21.3. The Morgan fingerprint density at radius 3 is 2.30 bits per heavy atom. The highest BCUT2D eigenvalue weighted by Crippen LogP contribution is 2.24. The maximum Gasteiger partial charge on any atom is 0.410 e. The Morgan fingerprint density at radius 2 is 1.78 bits per heavy atom. The van der Waals surface area contributed by atoms with Crippen molar-refractivity contribution in [3.63, 3.8) is 0 Å². The lowest BCUT2D eigenvalue weighted by Crippen LogP contribution is -2.41. The van der Waals surface area contributed by atoms with Gasteiger partial charge in [0.1, 0.15) is 11.4 Å². The van der Waals surface area contributed by atoms with Crippen molar-refractivity contribution in [3.05, 3.63) is 28.8 Å². The highest BCUT2D eigenvalue weighted by Gasteiger charge is 2.26. The smallest absolute Gasteiger partial charge is 0.410 e. The van der Waals surface area contributed by atoms with Gasteiger partial charge in [-0.25, -0.2) is 4.79 Å². The van der Waals surface area contributed by atoms with E-state index in [2.05, 4.69) is 0 Å². The molecular weight excluding hydrogens is 342 g/mol. The lowest BCUT2D eigenvalue weighted by Gasteiger charge is -2.33. The number of aldehydes is 1. The van der Waals surface area contributed by atoms with Crippen LogP contribution in [0.5, 0.6) is 5.75 Å². The van der Waals surface area contributed by atoms with Gasteiger partial charge in [-0.1, -0.05) is 0 Å². The average Bonchev–Trinajstić information content (AvgIpc) is 2.57. The van der Waals surface area contributed by atoms with Crippen LogP contribution >= 0.6 is 0 Å². The fraction of sp³-hybridized carbons (Fsp3) is 0.636. The third-order valence-electron chi connectivity index (χ3n) is 4.98. The second kappa shape index (κ2) is 9.25. The molecule has 5 nitrogen and oxygen atoms in total. The molecule has 1 aliphatic heterocycles. The normalized spacial score (nSPS) is 15.5. The van der Waals surface area contributed by atoms with Gasteiger partial charge in [0, 0.05) is 18.7 Å². The highest BCUT2D eigenvalue weighted by molar-refractivity contribution is 5.80. The van der Waals surface area contributed by atoms with Crippen LogP contribution in [-0.4, -0.2) is 42.6 Å². The summed E-state index contributed by atoms with van der Waals surface area (Å²) in [6, 6.07) is 3.85. The molecule has 1 aromatic rings. The maximum absolute atomic E-state index is 12.1. The molecule has 27 heavy (non-hydrogen) atoms. The van der Waals surface area contributed by atoms with Gasteiger partial charge in [-0.2, -0.15) is 0 Å². The van der Waals surface area contributed by atoms with Crippen LogP contribution in [0.15, 0.2) is 12.1 Å². The SMILES string of the molecule is Cc1cc(OCCCC2CCN(C(=O)OC(C)(C)C)CC2)cc(C)c1C=O. The fourth-order valence-corrected chi connectivity index (χ4v) is 3.50. The second-order valence-corrected chi connectivity index (χ2v) is 8.49. The number of likely N-dealkylation sites (tertiary alicyclic amines) is 1. The van der Waals surface area contributed by atoms with E-state index in [0.717, 1.165) is 67.5 Å². The zero-order valence-electron chi connectivity index (χ0n) is 17.3. The maximum atomic E-state index is 12.1. The van der Waals surface area contributed by atoms with E-state index in [1.165, 1.54) is 0 Å². The number of benzene rings is 1. The van der Waals surface area contributed by atoms with Crippen LogP contribution in [0.2, 0.25) is 0 Å². The summed E-state index contributed by atoms with van der Waals surface area (Å²) in [4.78, 5) is 25.0. The molecule has 2 rings (SSSR count). The van der Waals surface area contributed by atoms with Gasteiger partial charge in [0.05, 0.1) is 6.61 Å². The monoisotopic (exact) mass is 375 g/mol. The van der Waals surface area contributed by atoms with Gasteiger partial charge < -0.3 is 14.4 Å². The first-order valence-corrected chi connectivity index (χ1v) is 9.87. The van der Waals surface area contributed by atoms with Gasteiger partial charge in [-0.15, -0.1) is 0 Å². The lowest BCUT2D eigenvalue weighted by molar-refractivity contribution is 0.0179. The molecule has 0 aliphatic carbocycles. The fourth-order valence-electron chi connectivity index (χ4n) is 3.50. The molecule has 1 amide bonds. The molecule has 0 aromatic heterocycles. The predicted molar refractivity (Wildman–Crippen MR) is 107 cm³/mol. The van der Waals surface area contributed by atoms with Crippen molar-refractivity contribution in [2.45, 2.75) is 65.9 Å². The van der Waals surface area contributed by atoms with Crippen LogP contribution in [0, 0.1) is 19.8 Å². The molecule has 1 saturated heterocycles. The summed E-state index contributed by atoms with van der Waals surface area (Å²) in [5.74, 6) is 1.46. The summed E-state index contributed by atoms with van der Waals surface area (Å²) in [7, 11) is 0. The van der Waals surface area contributed by atoms with Crippen LogP contribution in [0.4, 0.5) is 4.79 Å². The van der Waals surface area contributed by atoms with Crippen molar-refractivity contribution >= 4 is 12.4 Å². The largest absolute Gasteiger partial charge is 0.494 e. The average molecular weight is 376 g/mol. The number of amides is 1. The van der Waals surface area contributed by atoms with Gasteiger partial charge in [0.15, 0.2) is 6.29 Å². The Bertz CT molecular complexity index is 632. The van der Waals surface area contributed by atoms with E-state index >= 15 is 0 Å². The predicted octanol–water partition coefficient (Wildman–Crippen LogP) is 4.92. The number of carbonyl (C=O) groups excluding carboxylic acids is 2. The number of nitrogens with zero attached hydrogens (tertiary/aromatic N) is 1. The van der Waals surface area contributed by atoms with Crippen LogP contribution in [0.25, 0.3) is 0 Å². The zero-order chi connectivity index (χ0) is 20.0. The second-order valence-electron chi connectivity index (χ2n) is 8.49. The van der Waals surface area contributed by atoms with E-state index in [-0.39, 0.29) is 6.09 Å². The molecule has 1 aromatic carbocycles.